The molecule has 27 heavy (non-hydrogen) atoms. The Morgan fingerprint density at radius 1 is 1.07 bits per heavy atom. The van der Waals surface area contributed by atoms with Gasteiger partial charge >= 0.3 is 0 Å². The zero-order chi connectivity index (χ0) is 17.6. The lowest BCUT2D eigenvalue weighted by Gasteiger charge is -2.33. The van der Waals surface area contributed by atoms with Gasteiger partial charge in [0.05, 0.1) is 6.04 Å². The molecule has 0 radical (unpaired) electrons. The fourth-order valence-corrected chi connectivity index (χ4v) is 3.31. The van der Waals surface area contributed by atoms with Crippen LogP contribution in [0.4, 0.5) is 5.69 Å². The van der Waals surface area contributed by atoms with Crippen molar-refractivity contribution in [2.45, 2.75) is 39.4 Å². The molecule has 0 fully saturated rings. The molecule has 1 amide bonds. The van der Waals surface area contributed by atoms with Gasteiger partial charge in [-0.15, -0.1) is 24.8 Å². The number of hydrogen-bond donors (Lipinski definition) is 2. The normalized spacial score (nSPS) is 14.3. The number of nitrogens with zero attached hydrogens (tertiary/aromatic N) is 1. The molecule has 0 aromatic heterocycles. The van der Waals surface area contributed by atoms with Crippen LogP contribution < -0.4 is 10.6 Å². The Bertz CT molecular complexity index is 739. The molecular weight excluding hydrogens is 381 g/mol. The summed E-state index contributed by atoms with van der Waals surface area (Å²) in [5.41, 5.74) is 4.76. The zero-order valence-corrected chi connectivity index (χ0v) is 17.5. The highest BCUT2D eigenvalue weighted by Gasteiger charge is 2.25. The number of anilines is 1. The van der Waals surface area contributed by atoms with Crippen LogP contribution in [0.5, 0.6) is 0 Å². The summed E-state index contributed by atoms with van der Waals surface area (Å²) in [5.74, 6) is 0.0586. The third kappa shape index (κ3) is 5.94. The number of hydrogen-bond acceptors (Lipinski definition) is 3. The summed E-state index contributed by atoms with van der Waals surface area (Å²) in [7, 11) is 0. The summed E-state index contributed by atoms with van der Waals surface area (Å²) in [6.45, 7) is 7.51. The van der Waals surface area contributed by atoms with Crippen molar-refractivity contribution in [2.75, 3.05) is 18.4 Å². The number of fused-ring (bicyclic) bond motifs is 1. The van der Waals surface area contributed by atoms with E-state index in [9.17, 15) is 4.79 Å². The van der Waals surface area contributed by atoms with Gasteiger partial charge in [-0.05, 0) is 42.6 Å². The minimum Gasteiger partial charge on any atom is -0.324 e. The first-order chi connectivity index (χ1) is 12.2. The van der Waals surface area contributed by atoms with Crippen molar-refractivity contribution < 1.29 is 4.79 Å². The summed E-state index contributed by atoms with van der Waals surface area (Å²) < 4.78 is 0. The molecule has 0 aliphatic carbocycles. The van der Waals surface area contributed by atoms with Crippen LogP contribution in [0.3, 0.4) is 0 Å². The molecular formula is C21H29Cl2N3O. The average Bonchev–Trinajstić information content (AvgIpc) is 2.66. The average molecular weight is 410 g/mol. The monoisotopic (exact) mass is 409 g/mol. The highest BCUT2D eigenvalue weighted by molar-refractivity contribution is 5.95. The van der Waals surface area contributed by atoms with E-state index >= 15 is 0 Å². The summed E-state index contributed by atoms with van der Waals surface area (Å²) in [5, 5.41) is 6.44. The van der Waals surface area contributed by atoms with E-state index in [0.717, 1.165) is 43.9 Å². The van der Waals surface area contributed by atoms with E-state index in [1.165, 1.54) is 11.1 Å². The maximum absolute atomic E-state index is 12.8. The van der Waals surface area contributed by atoms with Crippen LogP contribution in [0.1, 0.15) is 30.5 Å². The Labute approximate surface area is 174 Å². The highest BCUT2D eigenvalue weighted by Crippen LogP contribution is 2.21. The van der Waals surface area contributed by atoms with E-state index < -0.39 is 0 Å². The molecule has 0 saturated heterocycles. The molecule has 1 heterocycles. The number of carbonyl (C=O) groups excluding carboxylic acids is 1. The first-order valence-corrected chi connectivity index (χ1v) is 9.09. The standard InChI is InChI=1S/C21H27N3O.2ClH/c1-3-22-14-18-9-6-7-11-20(18)23-21(25)16(2)24-13-12-17-8-4-5-10-19(17)15-24;;/h4-11,16,22H,3,12-15H2,1-2H3,(H,23,25);2*1H. The SMILES string of the molecule is CCNCc1ccccc1NC(=O)C(C)N1CCc2ccccc2C1.Cl.Cl. The van der Waals surface area contributed by atoms with E-state index in [2.05, 4.69) is 52.8 Å². The quantitative estimate of drug-likeness (QED) is 0.756. The Balaban J connectivity index is 0.00000182. The molecule has 4 nitrogen and oxygen atoms in total. The lowest BCUT2D eigenvalue weighted by molar-refractivity contribution is -0.121. The molecule has 1 unspecified atom stereocenters. The van der Waals surface area contributed by atoms with Crippen LogP contribution in [0.25, 0.3) is 0 Å². The summed E-state index contributed by atoms with van der Waals surface area (Å²) >= 11 is 0. The largest absolute Gasteiger partial charge is 0.324 e. The van der Waals surface area contributed by atoms with Crippen LogP contribution in [0, 0.1) is 0 Å². The molecule has 3 rings (SSSR count). The Kier molecular flexibility index (Phi) is 9.81. The van der Waals surface area contributed by atoms with Gasteiger partial charge in [0.2, 0.25) is 5.91 Å². The van der Waals surface area contributed by atoms with Crippen molar-refractivity contribution >= 4 is 36.4 Å². The van der Waals surface area contributed by atoms with Crippen molar-refractivity contribution in [3.8, 4) is 0 Å². The number of nitrogens with one attached hydrogen (secondary N) is 2. The Morgan fingerprint density at radius 2 is 1.74 bits per heavy atom. The third-order valence-corrected chi connectivity index (χ3v) is 4.93. The van der Waals surface area contributed by atoms with Gasteiger partial charge in [0.1, 0.15) is 0 Å². The molecule has 1 atom stereocenters. The lowest BCUT2D eigenvalue weighted by atomic mass is 9.98. The van der Waals surface area contributed by atoms with Crippen LogP contribution in [-0.4, -0.2) is 29.9 Å². The number of amides is 1. The number of benzene rings is 2. The van der Waals surface area contributed by atoms with Gasteiger partial charge in [-0.1, -0.05) is 49.4 Å². The summed E-state index contributed by atoms with van der Waals surface area (Å²) in [6, 6.07) is 16.4. The van der Waals surface area contributed by atoms with Gasteiger partial charge < -0.3 is 10.6 Å². The molecule has 0 bridgehead atoms. The van der Waals surface area contributed by atoms with Crippen LogP contribution in [0.2, 0.25) is 0 Å². The molecule has 0 spiro atoms. The van der Waals surface area contributed by atoms with Crippen LogP contribution >= 0.6 is 24.8 Å². The van der Waals surface area contributed by atoms with E-state index in [0.29, 0.717) is 0 Å². The Hall–Kier alpha value is -1.59. The molecule has 6 heteroatoms. The lowest BCUT2D eigenvalue weighted by Crippen LogP contribution is -2.44. The van der Waals surface area contributed by atoms with Crippen molar-refractivity contribution in [3.63, 3.8) is 0 Å². The number of halogens is 2. The molecule has 0 saturated carbocycles. The van der Waals surface area contributed by atoms with Crippen LogP contribution in [0.15, 0.2) is 48.5 Å². The molecule has 2 N–H and O–H groups in total. The predicted molar refractivity (Wildman–Crippen MR) is 117 cm³/mol. The number of para-hydroxylation sites is 1. The first-order valence-electron chi connectivity index (χ1n) is 9.09. The van der Waals surface area contributed by atoms with Gasteiger partial charge in [-0.3, -0.25) is 9.69 Å². The van der Waals surface area contributed by atoms with Gasteiger partial charge in [-0.25, -0.2) is 0 Å². The van der Waals surface area contributed by atoms with Crippen molar-refractivity contribution in [2.24, 2.45) is 0 Å². The zero-order valence-electron chi connectivity index (χ0n) is 15.9. The molecule has 2 aromatic rings. The minimum absolute atomic E-state index is 0. The van der Waals surface area contributed by atoms with E-state index in [1.807, 2.05) is 25.1 Å². The fourth-order valence-electron chi connectivity index (χ4n) is 3.31. The molecule has 2 aromatic carbocycles. The number of rotatable bonds is 6. The van der Waals surface area contributed by atoms with Crippen LogP contribution in [-0.2, 0) is 24.3 Å². The van der Waals surface area contributed by atoms with Gasteiger partial charge in [0.25, 0.3) is 0 Å². The summed E-state index contributed by atoms with van der Waals surface area (Å²) in [6.07, 6.45) is 1.00. The second-order valence-electron chi connectivity index (χ2n) is 6.59. The van der Waals surface area contributed by atoms with E-state index in [1.54, 1.807) is 0 Å². The smallest absolute Gasteiger partial charge is 0.241 e. The maximum atomic E-state index is 12.8. The minimum atomic E-state index is -0.152. The van der Waals surface area contributed by atoms with E-state index in [4.69, 9.17) is 0 Å². The second kappa shape index (κ2) is 11.3. The third-order valence-electron chi connectivity index (χ3n) is 4.93. The number of carbonyl (C=O) groups is 1. The van der Waals surface area contributed by atoms with Gasteiger partial charge in [0, 0.05) is 25.3 Å². The van der Waals surface area contributed by atoms with E-state index in [-0.39, 0.29) is 36.8 Å². The molecule has 148 valence electrons. The van der Waals surface area contributed by atoms with Gasteiger partial charge in [0.15, 0.2) is 0 Å². The molecule has 1 aliphatic heterocycles. The van der Waals surface area contributed by atoms with Gasteiger partial charge in [-0.2, -0.15) is 0 Å². The van der Waals surface area contributed by atoms with Crippen molar-refractivity contribution in [1.29, 1.82) is 0 Å². The van der Waals surface area contributed by atoms with Crippen molar-refractivity contribution in [3.05, 3.63) is 65.2 Å². The first kappa shape index (κ1) is 23.4. The fraction of sp³-hybridized carbons (Fsp3) is 0.381. The topological polar surface area (TPSA) is 44.4 Å². The Morgan fingerprint density at radius 3 is 2.48 bits per heavy atom. The second-order valence-corrected chi connectivity index (χ2v) is 6.59. The summed E-state index contributed by atoms with van der Waals surface area (Å²) in [4.78, 5) is 15.0. The highest BCUT2D eigenvalue weighted by atomic mass is 35.5. The molecule has 1 aliphatic rings. The van der Waals surface area contributed by atoms with Crippen molar-refractivity contribution in [1.82, 2.24) is 10.2 Å². The predicted octanol–water partition coefficient (Wildman–Crippen LogP) is 4.03. The maximum Gasteiger partial charge on any atom is 0.241 e.